The summed E-state index contributed by atoms with van der Waals surface area (Å²) in [6.07, 6.45) is 9.58. The number of ketones is 2. The second kappa shape index (κ2) is 8.90. The molecule has 1 aromatic carbocycles. The van der Waals surface area contributed by atoms with Gasteiger partial charge in [-0.05, 0) is 55.3 Å². The van der Waals surface area contributed by atoms with Crippen molar-refractivity contribution in [2.45, 2.75) is 32.3 Å². The van der Waals surface area contributed by atoms with Crippen molar-refractivity contribution >= 4 is 40.6 Å². The number of nitrogens with zero attached hydrogens (tertiary/aromatic N) is 2. The molecule has 0 saturated heterocycles. The van der Waals surface area contributed by atoms with Crippen molar-refractivity contribution in [1.29, 1.82) is 0 Å². The Morgan fingerprint density at radius 3 is 2.90 bits per heavy atom. The summed E-state index contributed by atoms with van der Waals surface area (Å²) in [6.45, 7) is 1.56. The molecule has 0 aliphatic carbocycles. The Balaban J connectivity index is 1.39. The monoisotopic (exact) mass is 438 g/mol. The van der Waals surface area contributed by atoms with Gasteiger partial charge in [-0.3, -0.25) is 19.6 Å². The Kier molecular flexibility index (Phi) is 6.06. The SMILES string of the molecule is CC(=O)c1ccc(-c2cc(Cl)c3c(c2)CC(CCC(=O)/C=C/c2cnccn2)O3)s1. The normalized spacial score (nSPS) is 15.2. The van der Waals surface area contributed by atoms with Crippen LogP contribution in [-0.2, 0) is 11.2 Å². The highest BCUT2D eigenvalue weighted by molar-refractivity contribution is 7.17. The molecule has 0 radical (unpaired) electrons. The van der Waals surface area contributed by atoms with Gasteiger partial charge in [-0.1, -0.05) is 11.6 Å². The van der Waals surface area contributed by atoms with E-state index in [4.69, 9.17) is 16.3 Å². The lowest BCUT2D eigenvalue weighted by Gasteiger charge is -2.10. The van der Waals surface area contributed by atoms with Gasteiger partial charge in [0.2, 0.25) is 0 Å². The highest BCUT2D eigenvalue weighted by atomic mass is 35.5. The van der Waals surface area contributed by atoms with Crippen LogP contribution in [0.2, 0.25) is 5.02 Å². The Labute approximate surface area is 183 Å². The maximum atomic E-state index is 12.2. The Bertz CT molecular complexity index is 1120. The number of fused-ring (bicyclic) bond motifs is 1. The van der Waals surface area contributed by atoms with E-state index >= 15 is 0 Å². The van der Waals surface area contributed by atoms with Crippen molar-refractivity contribution in [2.75, 3.05) is 0 Å². The summed E-state index contributed by atoms with van der Waals surface area (Å²) in [6, 6.07) is 7.71. The average Bonchev–Trinajstić information content (AvgIpc) is 3.39. The number of rotatable bonds is 7. The third kappa shape index (κ3) is 4.66. The van der Waals surface area contributed by atoms with Gasteiger partial charge in [-0.25, -0.2) is 0 Å². The fraction of sp³-hybridized carbons (Fsp3) is 0.217. The fourth-order valence-electron chi connectivity index (χ4n) is 3.33. The van der Waals surface area contributed by atoms with Crippen molar-refractivity contribution in [2.24, 2.45) is 0 Å². The van der Waals surface area contributed by atoms with Crippen LogP contribution in [0, 0.1) is 0 Å². The molecule has 0 saturated carbocycles. The molecule has 0 amide bonds. The molecule has 3 aromatic rings. The summed E-state index contributed by atoms with van der Waals surface area (Å²) in [7, 11) is 0. The van der Waals surface area contributed by atoms with Crippen molar-refractivity contribution in [3.8, 4) is 16.2 Å². The molecular weight excluding hydrogens is 420 g/mol. The first-order chi connectivity index (χ1) is 14.5. The first-order valence-electron chi connectivity index (χ1n) is 9.57. The van der Waals surface area contributed by atoms with Gasteiger partial charge in [0.05, 0.1) is 21.8 Å². The zero-order chi connectivity index (χ0) is 21.1. The lowest BCUT2D eigenvalue weighted by molar-refractivity contribution is -0.115. The highest BCUT2D eigenvalue weighted by Crippen LogP contribution is 2.41. The summed E-state index contributed by atoms with van der Waals surface area (Å²) in [4.78, 5) is 33.5. The topological polar surface area (TPSA) is 69.2 Å². The second-order valence-electron chi connectivity index (χ2n) is 7.08. The van der Waals surface area contributed by atoms with Crippen LogP contribution in [0.5, 0.6) is 5.75 Å². The smallest absolute Gasteiger partial charge is 0.169 e. The molecule has 0 spiro atoms. The zero-order valence-electron chi connectivity index (χ0n) is 16.3. The van der Waals surface area contributed by atoms with Gasteiger partial charge >= 0.3 is 0 Å². The molecule has 4 rings (SSSR count). The van der Waals surface area contributed by atoms with E-state index < -0.39 is 0 Å². The molecule has 152 valence electrons. The molecular formula is C23H19ClN2O3S. The van der Waals surface area contributed by atoms with Gasteiger partial charge < -0.3 is 4.74 Å². The van der Waals surface area contributed by atoms with Gasteiger partial charge in [0.1, 0.15) is 11.9 Å². The van der Waals surface area contributed by atoms with E-state index in [9.17, 15) is 9.59 Å². The molecule has 0 bridgehead atoms. The van der Waals surface area contributed by atoms with Crippen LogP contribution in [0.4, 0.5) is 0 Å². The maximum Gasteiger partial charge on any atom is 0.169 e. The van der Waals surface area contributed by atoms with Crippen LogP contribution in [0.25, 0.3) is 16.5 Å². The van der Waals surface area contributed by atoms with Crippen LogP contribution in [0.3, 0.4) is 0 Å². The predicted molar refractivity (Wildman–Crippen MR) is 118 cm³/mol. The first-order valence-corrected chi connectivity index (χ1v) is 10.8. The van der Waals surface area contributed by atoms with E-state index in [-0.39, 0.29) is 17.7 Å². The van der Waals surface area contributed by atoms with Gasteiger partial charge in [-0.2, -0.15) is 0 Å². The van der Waals surface area contributed by atoms with E-state index in [1.54, 1.807) is 31.6 Å². The van der Waals surface area contributed by atoms with E-state index in [2.05, 4.69) is 16.0 Å². The molecule has 0 fully saturated rings. The Morgan fingerprint density at radius 2 is 2.17 bits per heavy atom. The van der Waals surface area contributed by atoms with Crippen molar-refractivity contribution in [3.63, 3.8) is 0 Å². The van der Waals surface area contributed by atoms with Gasteiger partial charge in [0.25, 0.3) is 0 Å². The minimum absolute atomic E-state index is 0.0161. The van der Waals surface area contributed by atoms with Gasteiger partial charge in [-0.15, -0.1) is 11.3 Å². The molecule has 0 N–H and O–H groups in total. The zero-order valence-corrected chi connectivity index (χ0v) is 17.9. The van der Waals surface area contributed by atoms with Crippen LogP contribution in [-0.4, -0.2) is 27.6 Å². The first kappa shape index (κ1) is 20.4. The summed E-state index contributed by atoms with van der Waals surface area (Å²) in [5.41, 5.74) is 2.66. The number of aromatic nitrogens is 2. The lowest BCUT2D eigenvalue weighted by atomic mass is 10.0. The Hall–Kier alpha value is -2.83. The van der Waals surface area contributed by atoms with E-state index in [1.807, 2.05) is 18.2 Å². The molecule has 1 atom stereocenters. The number of thiophene rings is 1. The molecule has 1 aliphatic heterocycles. The molecule has 5 nitrogen and oxygen atoms in total. The predicted octanol–water partition coefficient (Wildman–Crippen LogP) is 5.43. The number of Topliss-reactive ketones (excluding diaryl/α,β-unsaturated/α-hetero) is 1. The van der Waals surface area contributed by atoms with Crippen molar-refractivity contribution < 1.29 is 14.3 Å². The summed E-state index contributed by atoms with van der Waals surface area (Å²) in [5, 5.41) is 0.552. The number of hydrogen-bond acceptors (Lipinski definition) is 6. The minimum atomic E-state index is -0.0854. The number of benzene rings is 1. The molecule has 30 heavy (non-hydrogen) atoms. The van der Waals surface area contributed by atoms with Crippen LogP contribution < -0.4 is 4.74 Å². The number of carbonyl (C=O) groups excluding carboxylic acids is 2. The van der Waals surface area contributed by atoms with Crippen LogP contribution in [0.15, 0.2) is 48.9 Å². The molecule has 1 unspecified atom stereocenters. The van der Waals surface area contributed by atoms with E-state index in [1.165, 1.54) is 17.4 Å². The van der Waals surface area contributed by atoms with E-state index in [0.29, 0.717) is 35.7 Å². The maximum absolute atomic E-state index is 12.2. The van der Waals surface area contributed by atoms with Crippen LogP contribution >= 0.6 is 22.9 Å². The van der Waals surface area contributed by atoms with E-state index in [0.717, 1.165) is 20.9 Å². The van der Waals surface area contributed by atoms with Crippen molar-refractivity contribution in [1.82, 2.24) is 9.97 Å². The van der Waals surface area contributed by atoms with Gasteiger partial charge in [0.15, 0.2) is 11.6 Å². The minimum Gasteiger partial charge on any atom is -0.488 e. The number of carbonyl (C=O) groups is 2. The third-order valence-electron chi connectivity index (χ3n) is 4.83. The number of allylic oxidation sites excluding steroid dienone is 1. The second-order valence-corrected chi connectivity index (χ2v) is 8.57. The number of halogens is 1. The standard InChI is InChI=1S/C23H19ClN2O3S/c1-14(27)21-6-7-22(30-21)15-10-16-11-19(29-23(16)20(24)12-15)5-4-18(28)3-2-17-13-25-8-9-26-17/h2-3,6-10,12-13,19H,4-5,11H2,1H3/b3-2+. The number of hydrogen-bond donors (Lipinski definition) is 0. The summed E-state index contributed by atoms with van der Waals surface area (Å²) in [5.74, 6) is 0.763. The Morgan fingerprint density at radius 1 is 1.30 bits per heavy atom. The molecule has 2 aromatic heterocycles. The summed E-state index contributed by atoms with van der Waals surface area (Å²) >= 11 is 7.92. The highest BCUT2D eigenvalue weighted by Gasteiger charge is 2.26. The molecule has 3 heterocycles. The fourth-order valence-corrected chi connectivity index (χ4v) is 4.51. The lowest BCUT2D eigenvalue weighted by Crippen LogP contribution is -2.14. The third-order valence-corrected chi connectivity index (χ3v) is 6.34. The van der Waals surface area contributed by atoms with Crippen LogP contribution in [0.1, 0.15) is 40.7 Å². The number of ether oxygens (including phenoxy) is 1. The molecule has 7 heteroatoms. The quantitative estimate of drug-likeness (QED) is 0.363. The van der Waals surface area contributed by atoms with Gasteiger partial charge in [0, 0.05) is 35.7 Å². The summed E-state index contributed by atoms with van der Waals surface area (Å²) < 4.78 is 6.00. The largest absolute Gasteiger partial charge is 0.488 e. The molecule has 1 aliphatic rings. The average molecular weight is 439 g/mol. The van der Waals surface area contributed by atoms with Crippen molar-refractivity contribution in [3.05, 3.63) is 70.1 Å².